The topological polar surface area (TPSA) is 80.3 Å². The van der Waals surface area contributed by atoms with Gasteiger partial charge >= 0.3 is 0 Å². The van der Waals surface area contributed by atoms with Crippen LogP contribution in [0.1, 0.15) is 23.2 Å². The molecule has 154 valence electrons. The molecule has 0 spiro atoms. The van der Waals surface area contributed by atoms with Crippen LogP contribution in [0, 0.1) is 6.92 Å². The van der Waals surface area contributed by atoms with Gasteiger partial charge in [-0.1, -0.05) is 23.7 Å². The molecule has 0 fully saturated rings. The molecule has 0 saturated heterocycles. The molecule has 0 bridgehead atoms. The minimum Gasteiger partial charge on any atom is -0.487 e. The Kier molecular flexibility index (Phi) is 7.21. The monoisotopic (exact) mass is 441 g/mol. The second-order valence-corrected chi connectivity index (χ2v) is 7.91. The van der Waals surface area contributed by atoms with E-state index < -0.39 is 0 Å². The van der Waals surface area contributed by atoms with Gasteiger partial charge in [-0.2, -0.15) is 0 Å². The SMILES string of the molecule is CC(=O)Nc1ccc(Cl)cc1NC(=O)C=Cc1ccc(OCc2csc(C)n2)cc1. The zero-order valence-corrected chi connectivity index (χ0v) is 18.0. The van der Waals surface area contributed by atoms with E-state index in [-0.39, 0.29) is 11.8 Å². The van der Waals surface area contributed by atoms with Gasteiger partial charge in [0.25, 0.3) is 0 Å². The van der Waals surface area contributed by atoms with E-state index in [1.165, 1.54) is 13.0 Å². The Bertz CT molecular complexity index is 1080. The Morgan fingerprint density at radius 2 is 1.90 bits per heavy atom. The zero-order chi connectivity index (χ0) is 21.5. The van der Waals surface area contributed by atoms with Crippen molar-refractivity contribution in [1.29, 1.82) is 0 Å². The number of benzene rings is 2. The third-order valence-electron chi connectivity index (χ3n) is 3.91. The Balaban J connectivity index is 1.58. The van der Waals surface area contributed by atoms with Gasteiger partial charge in [0.05, 0.1) is 22.1 Å². The molecule has 2 aromatic carbocycles. The van der Waals surface area contributed by atoms with Crippen molar-refractivity contribution >= 4 is 52.2 Å². The average molecular weight is 442 g/mol. The lowest BCUT2D eigenvalue weighted by atomic mass is 10.2. The molecule has 0 aliphatic rings. The molecule has 6 nitrogen and oxygen atoms in total. The molecule has 8 heteroatoms. The minimum atomic E-state index is -0.344. The van der Waals surface area contributed by atoms with Gasteiger partial charge in [0.1, 0.15) is 12.4 Å². The van der Waals surface area contributed by atoms with E-state index in [2.05, 4.69) is 15.6 Å². The molecule has 3 rings (SSSR count). The molecule has 30 heavy (non-hydrogen) atoms. The van der Waals surface area contributed by atoms with Crippen molar-refractivity contribution in [1.82, 2.24) is 4.98 Å². The van der Waals surface area contributed by atoms with Gasteiger partial charge in [-0.25, -0.2) is 4.98 Å². The van der Waals surface area contributed by atoms with E-state index in [1.54, 1.807) is 35.6 Å². The van der Waals surface area contributed by atoms with Gasteiger partial charge in [0, 0.05) is 23.4 Å². The van der Waals surface area contributed by atoms with Crippen molar-refractivity contribution in [2.45, 2.75) is 20.5 Å². The highest BCUT2D eigenvalue weighted by Crippen LogP contribution is 2.26. The van der Waals surface area contributed by atoms with Gasteiger partial charge in [0.15, 0.2) is 0 Å². The van der Waals surface area contributed by atoms with E-state index in [4.69, 9.17) is 16.3 Å². The normalized spacial score (nSPS) is 10.8. The molecular weight excluding hydrogens is 422 g/mol. The molecule has 0 radical (unpaired) electrons. The van der Waals surface area contributed by atoms with Crippen molar-refractivity contribution in [2.75, 3.05) is 10.6 Å². The Morgan fingerprint density at radius 3 is 2.57 bits per heavy atom. The smallest absolute Gasteiger partial charge is 0.248 e. The van der Waals surface area contributed by atoms with Crippen LogP contribution in [0.4, 0.5) is 11.4 Å². The number of nitrogens with zero attached hydrogens (tertiary/aromatic N) is 1. The summed E-state index contributed by atoms with van der Waals surface area (Å²) >= 11 is 7.58. The van der Waals surface area contributed by atoms with Crippen LogP contribution in [0.3, 0.4) is 0 Å². The highest BCUT2D eigenvalue weighted by atomic mass is 35.5. The van der Waals surface area contributed by atoms with Crippen LogP contribution in [0.25, 0.3) is 6.08 Å². The zero-order valence-electron chi connectivity index (χ0n) is 16.4. The number of thiazole rings is 1. The van der Waals surface area contributed by atoms with E-state index >= 15 is 0 Å². The molecular formula is C22H20ClN3O3S. The molecule has 2 N–H and O–H groups in total. The molecule has 1 heterocycles. The van der Waals surface area contributed by atoms with Crippen molar-refractivity contribution < 1.29 is 14.3 Å². The maximum Gasteiger partial charge on any atom is 0.248 e. The number of carbonyl (C=O) groups is 2. The summed E-state index contributed by atoms with van der Waals surface area (Å²) in [7, 11) is 0. The number of anilines is 2. The number of amides is 2. The molecule has 0 atom stereocenters. The van der Waals surface area contributed by atoms with Gasteiger partial charge in [-0.3, -0.25) is 9.59 Å². The summed E-state index contributed by atoms with van der Waals surface area (Å²) in [5, 5.41) is 8.81. The molecule has 0 aliphatic heterocycles. The number of hydrogen-bond acceptors (Lipinski definition) is 5. The Labute approximate surface area is 183 Å². The number of ether oxygens (including phenoxy) is 1. The quantitative estimate of drug-likeness (QED) is 0.488. The van der Waals surface area contributed by atoms with Crippen molar-refractivity contribution in [3.05, 3.63) is 75.2 Å². The molecule has 0 aliphatic carbocycles. The van der Waals surface area contributed by atoms with Gasteiger partial charge in [-0.05, 0) is 48.9 Å². The second kappa shape index (κ2) is 10.0. The van der Waals surface area contributed by atoms with E-state index in [1.807, 2.05) is 36.6 Å². The number of aromatic nitrogens is 1. The van der Waals surface area contributed by atoms with Crippen LogP contribution < -0.4 is 15.4 Å². The molecule has 1 aromatic heterocycles. The largest absolute Gasteiger partial charge is 0.487 e. The predicted molar refractivity (Wildman–Crippen MR) is 121 cm³/mol. The number of halogens is 1. The van der Waals surface area contributed by atoms with Gasteiger partial charge < -0.3 is 15.4 Å². The number of hydrogen-bond donors (Lipinski definition) is 2. The maximum atomic E-state index is 12.3. The lowest BCUT2D eigenvalue weighted by molar-refractivity contribution is -0.114. The second-order valence-electron chi connectivity index (χ2n) is 6.41. The first-order valence-corrected chi connectivity index (χ1v) is 10.3. The van der Waals surface area contributed by atoms with Crippen LogP contribution in [-0.4, -0.2) is 16.8 Å². The summed E-state index contributed by atoms with van der Waals surface area (Å²) in [6.45, 7) is 3.77. The van der Waals surface area contributed by atoms with E-state index in [0.717, 1.165) is 22.0 Å². The van der Waals surface area contributed by atoms with E-state index in [9.17, 15) is 9.59 Å². The fraction of sp³-hybridized carbons (Fsp3) is 0.136. The Morgan fingerprint density at radius 1 is 1.13 bits per heavy atom. The maximum absolute atomic E-state index is 12.3. The summed E-state index contributed by atoms with van der Waals surface area (Å²) in [5.41, 5.74) is 2.65. The van der Waals surface area contributed by atoms with Crippen LogP contribution >= 0.6 is 22.9 Å². The van der Waals surface area contributed by atoms with E-state index in [0.29, 0.717) is 23.0 Å². The summed E-state index contributed by atoms with van der Waals surface area (Å²) in [6.07, 6.45) is 3.10. The fourth-order valence-electron chi connectivity index (χ4n) is 2.57. The predicted octanol–water partition coefficient (Wildman–Crippen LogP) is 5.29. The lowest BCUT2D eigenvalue weighted by Crippen LogP contribution is -2.13. The van der Waals surface area contributed by atoms with Crippen LogP contribution in [0.5, 0.6) is 5.75 Å². The summed E-state index contributed by atoms with van der Waals surface area (Å²) in [6, 6.07) is 12.2. The first kappa shape index (κ1) is 21.5. The minimum absolute atomic E-state index is 0.240. The van der Waals surface area contributed by atoms with Gasteiger partial charge in [-0.15, -0.1) is 11.3 Å². The lowest BCUT2D eigenvalue weighted by Gasteiger charge is -2.10. The first-order valence-electron chi connectivity index (χ1n) is 9.09. The number of nitrogens with one attached hydrogen (secondary N) is 2. The summed E-state index contributed by atoms with van der Waals surface area (Å²) in [4.78, 5) is 28.0. The average Bonchev–Trinajstić information content (AvgIpc) is 3.12. The number of rotatable bonds is 7. The van der Waals surface area contributed by atoms with Crippen LogP contribution in [-0.2, 0) is 16.2 Å². The number of aryl methyl sites for hydroxylation is 1. The summed E-state index contributed by atoms with van der Waals surface area (Å²) in [5.74, 6) is 0.139. The number of carbonyl (C=O) groups excluding carboxylic acids is 2. The third-order valence-corrected chi connectivity index (χ3v) is 4.97. The standard InChI is InChI=1S/C22H20ClN3O3S/c1-14(27)24-20-9-6-17(23)11-21(20)26-22(28)10-5-16-3-7-19(8-4-16)29-12-18-13-30-15(2)25-18/h3-11,13H,12H2,1-2H3,(H,24,27)(H,26,28). The fourth-order valence-corrected chi connectivity index (χ4v) is 3.34. The van der Waals surface area contributed by atoms with Gasteiger partial charge in [0.2, 0.25) is 11.8 Å². The molecule has 0 unspecified atom stereocenters. The summed E-state index contributed by atoms with van der Waals surface area (Å²) < 4.78 is 5.71. The van der Waals surface area contributed by atoms with Crippen LogP contribution in [0.15, 0.2) is 53.9 Å². The van der Waals surface area contributed by atoms with Crippen molar-refractivity contribution in [2.24, 2.45) is 0 Å². The third kappa shape index (κ3) is 6.43. The van der Waals surface area contributed by atoms with Crippen LogP contribution in [0.2, 0.25) is 5.02 Å². The van der Waals surface area contributed by atoms with Crippen molar-refractivity contribution in [3.63, 3.8) is 0 Å². The molecule has 3 aromatic rings. The molecule has 2 amide bonds. The Hall–Kier alpha value is -3.16. The highest BCUT2D eigenvalue weighted by Gasteiger charge is 2.07. The van der Waals surface area contributed by atoms with Crippen molar-refractivity contribution in [3.8, 4) is 5.75 Å². The molecule has 0 saturated carbocycles. The highest BCUT2D eigenvalue weighted by molar-refractivity contribution is 7.09. The first-order chi connectivity index (χ1) is 14.4.